The van der Waals surface area contributed by atoms with Crippen molar-refractivity contribution in [1.29, 1.82) is 0 Å². The molecule has 1 aliphatic carbocycles. The molecule has 0 saturated heterocycles. The largest absolute Gasteiger partial charge is 0.481 e. The standard InChI is InChI=1S/C17H19ClN4O3/c1-10(17(24)25)9-21(12-7-8-12)16(23)15-11(2)22(20-19-15)14-6-4-3-5-13(14)18/h3-6,10,12H,7-9H2,1-2H3,(H,24,25). The number of hydrogen-bond acceptors (Lipinski definition) is 4. The molecule has 1 saturated carbocycles. The molecule has 7 nitrogen and oxygen atoms in total. The third kappa shape index (κ3) is 3.51. The summed E-state index contributed by atoms with van der Waals surface area (Å²) in [6.45, 7) is 3.51. The topological polar surface area (TPSA) is 88.3 Å². The Morgan fingerprint density at radius 3 is 2.68 bits per heavy atom. The van der Waals surface area contributed by atoms with Gasteiger partial charge in [0, 0.05) is 12.6 Å². The van der Waals surface area contributed by atoms with Gasteiger partial charge in [0.15, 0.2) is 5.69 Å². The molecule has 25 heavy (non-hydrogen) atoms. The number of rotatable bonds is 6. The van der Waals surface area contributed by atoms with Crippen LogP contribution in [-0.4, -0.2) is 49.5 Å². The van der Waals surface area contributed by atoms with Gasteiger partial charge in [-0.2, -0.15) is 0 Å². The Kier molecular flexibility index (Phi) is 4.76. The summed E-state index contributed by atoms with van der Waals surface area (Å²) >= 11 is 6.20. The summed E-state index contributed by atoms with van der Waals surface area (Å²) < 4.78 is 1.53. The zero-order chi connectivity index (χ0) is 18.1. The van der Waals surface area contributed by atoms with Crippen LogP contribution < -0.4 is 0 Å². The maximum Gasteiger partial charge on any atom is 0.308 e. The van der Waals surface area contributed by atoms with Crippen LogP contribution in [0.5, 0.6) is 0 Å². The van der Waals surface area contributed by atoms with Gasteiger partial charge < -0.3 is 10.0 Å². The Morgan fingerprint density at radius 1 is 1.40 bits per heavy atom. The fourth-order valence-corrected chi connectivity index (χ4v) is 2.89. The van der Waals surface area contributed by atoms with E-state index in [2.05, 4.69) is 10.3 Å². The number of nitrogens with zero attached hydrogens (tertiary/aromatic N) is 4. The lowest BCUT2D eigenvalue weighted by Gasteiger charge is -2.23. The monoisotopic (exact) mass is 362 g/mol. The van der Waals surface area contributed by atoms with Crippen LogP contribution in [0.4, 0.5) is 0 Å². The first-order valence-corrected chi connectivity index (χ1v) is 8.49. The minimum atomic E-state index is -0.921. The third-order valence-electron chi connectivity index (χ3n) is 4.32. The van der Waals surface area contributed by atoms with Crippen molar-refractivity contribution in [2.75, 3.05) is 6.54 Å². The van der Waals surface area contributed by atoms with Crippen molar-refractivity contribution < 1.29 is 14.7 Å². The summed E-state index contributed by atoms with van der Waals surface area (Å²) in [5.74, 6) is -1.84. The van der Waals surface area contributed by atoms with E-state index >= 15 is 0 Å². The highest BCUT2D eigenvalue weighted by atomic mass is 35.5. The number of aliphatic carboxylic acids is 1. The summed E-state index contributed by atoms with van der Waals surface area (Å²) in [7, 11) is 0. The minimum Gasteiger partial charge on any atom is -0.481 e. The number of halogens is 1. The second-order valence-electron chi connectivity index (χ2n) is 6.31. The second kappa shape index (κ2) is 6.84. The SMILES string of the molecule is Cc1c(C(=O)N(CC(C)C(=O)O)C2CC2)nnn1-c1ccccc1Cl. The molecule has 1 aromatic carbocycles. The number of amides is 1. The molecule has 1 aromatic heterocycles. The van der Waals surface area contributed by atoms with Crippen LogP contribution in [0.15, 0.2) is 24.3 Å². The molecule has 0 radical (unpaired) electrons. The van der Waals surface area contributed by atoms with Gasteiger partial charge >= 0.3 is 5.97 Å². The number of hydrogen-bond donors (Lipinski definition) is 1. The van der Waals surface area contributed by atoms with Gasteiger partial charge in [-0.1, -0.05) is 35.9 Å². The number of para-hydroxylation sites is 1. The highest BCUT2D eigenvalue weighted by Crippen LogP contribution is 2.30. The van der Waals surface area contributed by atoms with Crippen molar-refractivity contribution in [3.8, 4) is 5.69 Å². The van der Waals surface area contributed by atoms with Gasteiger partial charge in [0.05, 0.1) is 22.3 Å². The van der Waals surface area contributed by atoms with Crippen molar-refractivity contribution in [1.82, 2.24) is 19.9 Å². The Hall–Kier alpha value is -2.41. The average molecular weight is 363 g/mol. The van der Waals surface area contributed by atoms with E-state index in [1.54, 1.807) is 30.9 Å². The lowest BCUT2D eigenvalue weighted by atomic mass is 10.1. The van der Waals surface area contributed by atoms with Gasteiger partial charge in [-0.3, -0.25) is 9.59 Å². The van der Waals surface area contributed by atoms with Gasteiger partial charge in [0.1, 0.15) is 0 Å². The summed E-state index contributed by atoms with van der Waals surface area (Å²) in [5, 5.41) is 17.7. The molecule has 0 spiro atoms. The van der Waals surface area contributed by atoms with Crippen LogP contribution >= 0.6 is 11.6 Å². The normalized spacial score (nSPS) is 15.0. The van der Waals surface area contributed by atoms with Gasteiger partial charge in [0.25, 0.3) is 5.91 Å². The van der Waals surface area contributed by atoms with Crippen molar-refractivity contribution in [3.05, 3.63) is 40.7 Å². The van der Waals surface area contributed by atoms with Crippen molar-refractivity contribution in [2.24, 2.45) is 5.92 Å². The summed E-state index contributed by atoms with van der Waals surface area (Å²) in [4.78, 5) is 25.7. The van der Waals surface area contributed by atoms with E-state index in [0.29, 0.717) is 16.4 Å². The first-order chi connectivity index (χ1) is 11.9. The van der Waals surface area contributed by atoms with Crippen LogP contribution in [0.3, 0.4) is 0 Å². The van der Waals surface area contributed by atoms with E-state index in [-0.39, 0.29) is 24.2 Å². The zero-order valence-corrected chi connectivity index (χ0v) is 14.8. The quantitative estimate of drug-likeness (QED) is 0.853. The van der Waals surface area contributed by atoms with Gasteiger partial charge in [-0.05, 0) is 31.9 Å². The molecular weight excluding hydrogens is 344 g/mol. The van der Waals surface area contributed by atoms with E-state index < -0.39 is 11.9 Å². The highest BCUT2D eigenvalue weighted by molar-refractivity contribution is 6.32. The summed E-state index contributed by atoms with van der Waals surface area (Å²) in [5.41, 5.74) is 1.45. The molecule has 1 amide bonds. The van der Waals surface area contributed by atoms with E-state index in [1.165, 1.54) is 4.68 Å². The first kappa shape index (κ1) is 17.4. The maximum absolute atomic E-state index is 12.9. The van der Waals surface area contributed by atoms with Gasteiger partial charge in [0.2, 0.25) is 0 Å². The van der Waals surface area contributed by atoms with E-state index in [9.17, 15) is 9.59 Å². The summed E-state index contributed by atoms with van der Waals surface area (Å²) in [6, 6.07) is 7.26. The van der Waals surface area contributed by atoms with Crippen molar-refractivity contribution in [3.63, 3.8) is 0 Å². The van der Waals surface area contributed by atoms with Crippen LogP contribution in [0, 0.1) is 12.8 Å². The van der Waals surface area contributed by atoms with Crippen LogP contribution in [0.25, 0.3) is 5.69 Å². The number of benzene rings is 1. The molecule has 8 heteroatoms. The molecule has 1 aliphatic rings. The number of aromatic nitrogens is 3. The number of carboxylic acids is 1. The molecule has 132 valence electrons. The Bertz CT molecular complexity index is 816. The number of carbonyl (C=O) groups excluding carboxylic acids is 1. The van der Waals surface area contributed by atoms with Gasteiger partial charge in [-0.15, -0.1) is 5.10 Å². The van der Waals surface area contributed by atoms with Crippen LogP contribution in [0.2, 0.25) is 5.02 Å². The summed E-state index contributed by atoms with van der Waals surface area (Å²) in [6.07, 6.45) is 1.77. The van der Waals surface area contributed by atoms with Crippen LogP contribution in [0.1, 0.15) is 35.9 Å². The van der Waals surface area contributed by atoms with E-state index in [0.717, 1.165) is 12.8 Å². The second-order valence-corrected chi connectivity index (χ2v) is 6.72. The lowest BCUT2D eigenvalue weighted by molar-refractivity contribution is -0.141. The van der Waals surface area contributed by atoms with Gasteiger partial charge in [-0.25, -0.2) is 4.68 Å². The average Bonchev–Trinajstić information content (AvgIpc) is 3.35. The highest BCUT2D eigenvalue weighted by Gasteiger charge is 2.36. The number of carbonyl (C=O) groups is 2. The molecule has 2 aromatic rings. The fourth-order valence-electron chi connectivity index (χ4n) is 2.67. The molecule has 0 aliphatic heterocycles. The molecule has 1 fully saturated rings. The Labute approximate surface area is 150 Å². The van der Waals surface area contributed by atoms with Crippen molar-refractivity contribution >= 4 is 23.5 Å². The Balaban J connectivity index is 1.89. The lowest BCUT2D eigenvalue weighted by Crippen LogP contribution is -2.39. The van der Waals surface area contributed by atoms with Crippen molar-refractivity contribution in [2.45, 2.75) is 32.7 Å². The molecule has 0 bridgehead atoms. The minimum absolute atomic E-state index is 0.0826. The smallest absolute Gasteiger partial charge is 0.308 e. The molecular formula is C17H19ClN4O3. The van der Waals surface area contributed by atoms with Crippen LogP contribution in [-0.2, 0) is 4.79 Å². The van der Waals surface area contributed by atoms with E-state index in [1.807, 2.05) is 12.1 Å². The maximum atomic E-state index is 12.9. The molecule has 1 N–H and O–H groups in total. The molecule has 1 atom stereocenters. The predicted octanol–water partition coefficient (Wildman–Crippen LogP) is 2.55. The molecule has 1 heterocycles. The molecule has 3 rings (SSSR count). The predicted molar refractivity (Wildman–Crippen MR) is 92.0 cm³/mol. The molecule has 1 unspecified atom stereocenters. The third-order valence-corrected chi connectivity index (χ3v) is 4.64. The number of carboxylic acid groups (broad SMARTS) is 1. The Morgan fingerprint density at radius 2 is 2.08 bits per heavy atom. The fraction of sp³-hybridized carbons (Fsp3) is 0.412. The zero-order valence-electron chi connectivity index (χ0n) is 14.0. The van der Waals surface area contributed by atoms with E-state index in [4.69, 9.17) is 16.7 Å². The first-order valence-electron chi connectivity index (χ1n) is 8.11.